The van der Waals surface area contributed by atoms with Gasteiger partial charge < -0.3 is 5.32 Å². The molecule has 0 unspecified atom stereocenters. The standard InChI is InChI=1S/C16H18N2OS/c19-16(18-8-2-5-15-17-9-10-20-15)14-7-6-12-3-1-4-13(12)11-14/h6-7,9-11H,1-5,8H2,(H,18,19). The molecular formula is C16H18N2OS. The average Bonchev–Trinajstić information content (AvgIpc) is 3.13. The van der Waals surface area contributed by atoms with E-state index >= 15 is 0 Å². The first kappa shape index (κ1) is 13.3. The maximum Gasteiger partial charge on any atom is 0.251 e. The second-order valence-electron chi connectivity index (χ2n) is 5.12. The first-order chi connectivity index (χ1) is 9.83. The number of hydrogen-bond donors (Lipinski definition) is 1. The normalized spacial score (nSPS) is 13.2. The molecule has 1 aromatic heterocycles. The Morgan fingerprint density at radius 3 is 3.05 bits per heavy atom. The lowest BCUT2D eigenvalue weighted by Gasteiger charge is -2.06. The molecule has 0 atom stereocenters. The zero-order valence-corrected chi connectivity index (χ0v) is 12.2. The molecule has 20 heavy (non-hydrogen) atoms. The van der Waals surface area contributed by atoms with Gasteiger partial charge in [-0.25, -0.2) is 4.98 Å². The summed E-state index contributed by atoms with van der Waals surface area (Å²) in [6.07, 6.45) is 7.18. The number of carbonyl (C=O) groups is 1. The van der Waals surface area contributed by atoms with E-state index in [1.165, 1.54) is 17.5 Å². The molecule has 1 amide bonds. The molecule has 1 heterocycles. The Hall–Kier alpha value is -1.68. The highest BCUT2D eigenvalue weighted by atomic mass is 32.1. The Labute approximate surface area is 123 Å². The summed E-state index contributed by atoms with van der Waals surface area (Å²) in [7, 11) is 0. The van der Waals surface area contributed by atoms with Crippen molar-refractivity contribution in [3.05, 3.63) is 51.5 Å². The number of amides is 1. The van der Waals surface area contributed by atoms with Crippen LogP contribution in [0.15, 0.2) is 29.8 Å². The second-order valence-corrected chi connectivity index (χ2v) is 6.10. The Morgan fingerprint density at radius 1 is 1.30 bits per heavy atom. The summed E-state index contributed by atoms with van der Waals surface area (Å²) in [5.41, 5.74) is 3.55. The highest BCUT2D eigenvalue weighted by Crippen LogP contribution is 2.22. The fraction of sp³-hybridized carbons (Fsp3) is 0.375. The predicted molar refractivity (Wildman–Crippen MR) is 81.2 cm³/mol. The Kier molecular flexibility index (Phi) is 4.11. The van der Waals surface area contributed by atoms with Crippen molar-refractivity contribution in [3.8, 4) is 0 Å². The summed E-state index contributed by atoms with van der Waals surface area (Å²) >= 11 is 1.67. The molecule has 0 fully saturated rings. The molecule has 0 aliphatic heterocycles. The minimum Gasteiger partial charge on any atom is -0.352 e. The quantitative estimate of drug-likeness (QED) is 0.859. The maximum atomic E-state index is 12.1. The minimum absolute atomic E-state index is 0.0406. The molecule has 104 valence electrons. The molecule has 1 aromatic carbocycles. The monoisotopic (exact) mass is 286 g/mol. The van der Waals surface area contributed by atoms with Crippen molar-refractivity contribution in [2.75, 3.05) is 6.54 Å². The zero-order valence-electron chi connectivity index (χ0n) is 11.4. The molecule has 0 saturated carbocycles. The molecule has 1 aliphatic rings. The van der Waals surface area contributed by atoms with E-state index in [9.17, 15) is 4.79 Å². The summed E-state index contributed by atoms with van der Waals surface area (Å²) in [5.74, 6) is 0.0406. The van der Waals surface area contributed by atoms with Crippen LogP contribution in [0, 0.1) is 0 Å². The number of thiazole rings is 1. The molecule has 2 aromatic rings. The molecule has 3 nitrogen and oxygen atoms in total. The van der Waals surface area contributed by atoms with E-state index in [4.69, 9.17) is 0 Å². The molecule has 1 aliphatic carbocycles. The number of aromatic nitrogens is 1. The van der Waals surface area contributed by atoms with Gasteiger partial charge in [0.15, 0.2) is 0 Å². The summed E-state index contributed by atoms with van der Waals surface area (Å²) in [4.78, 5) is 16.3. The van der Waals surface area contributed by atoms with Crippen LogP contribution >= 0.6 is 11.3 Å². The smallest absolute Gasteiger partial charge is 0.251 e. The zero-order chi connectivity index (χ0) is 13.8. The highest BCUT2D eigenvalue weighted by molar-refractivity contribution is 7.09. The highest BCUT2D eigenvalue weighted by Gasteiger charge is 2.13. The number of hydrogen-bond acceptors (Lipinski definition) is 3. The van der Waals surface area contributed by atoms with E-state index in [-0.39, 0.29) is 5.91 Å². The first-order valence-corrected chi connectivity index (χ1v) is 7.99. The van der Waals surface area contributed by atoms with Gasteiger partial charge >= 0.3 is 0 Å². The second kappa shape index (κ2) is 6.18. The van der Waals surface area contributed by atoms with Crippen LogP contribution in [0.4, 0.5) is 0 Å². The lowest BCUT2D eigenvalue weighted by molar-refractivity contribution is 0.0953. The number of aryl methyl sites for hydroxylation is 3. The average molecular weight is 286 g/mol. The van der Waals surface area contributed by atoms with Crippen LogP contribution in [0.1, 0.15) is 39.3 Å². The van der Waals surface area contributed by atoms with Gasteiger partial charge in [0.2, 0.25) is 0 Å². The van der Waals surface area contributed by atoms with Gasteiger partial charge in [0, 0.05) is 30.1 Å². The SMILES string of the molecule is O=C(NCCCc1nccs1)c1ccc2c(c1)CCC2. The van der Waals surface area contributed by atoms with Gasteiger partial charge in [-0.3, -0.25) is 4.79 Å². The van der Waals surface area contributed by atoms with Crippen LogP contribution in [0.2, 0.25) is 0 Å². The van der Waals surface area contributed by atoms with Gasteiger partial charge in [-0.15, -0.1) is 11.3 Å². The van der Waals surface area contributed by atoms with Crippen LogP contribution in [-0.2, 0) is 19.3 Å². The third kappa shape index (κ3) is 3.07. The minimum atomic E-state index is 0.0406. The van der Waals surface area contributed by atoms with Crippen molar-refractivity contribution in [3.63, 3.8) is 0 Å². The molecule has 0 saturated heterocycles. The third-order valence-corrected chi connectivity index (χ3v) is 4.54. The van der Waals surface area contributed by atoms with Crippen molar-refractivity contribution < 1.29 is 4.79 Å². The molecule has 1 N–H and O–H groups in total. The first-order valence-electron chi connectivity index (χ1n) is 7.11. The van der Waals surface area contributed by atoms with Gasteiger partial charge in [0.05, 0.1) is 5.01 Å². The van der Waals surface area contributed by atoms with Crippen LogP contribution in [0.25, 0.3) is 0 Å². The lowest BCUT2D eigenvalue weighted by Crippen LogP contribution is -2.24. The van der Waals surface area contributed by atoms with E-state index in [2.05, 4.69) is 22.4 Å². The molecule has 3 rings (SSSR count). The number of carbonyl (C=O) groups excluding carboxylic acids is 1. The van der Waals surface area contributed by atoms with Crippen molar-refractivity contribution in [1.29, 1.82) is 0 Å². The summed E-state index contributed by atoms with van der Waals surface area (Å²) < 4.78 is 0. The topological polar surface area (TPSA) is 42.0 Å². The lowest BCUT2D eigenvalue weighted by atomic mass is 10.1. The van der Waals surface area contributed by atoms with Crippen LogP contribution in [0.3, 0.4) is 0 Å². The van der Waals surface area contributed by atoms with Crippen molar-refractivity contribution in [2.45, 2.75) is 32.1 Å². The molecular weight excluding hydrogens is 268 g/mol. The summed E-state index contributed by atoms with van der Waals surface area (Å²) in [6.45, 7) is 0.704. The summed E-state index contributed by atoms with van der Waals surface area (Å²) in [5, 5.41) is 6.11. The van der Waals surface area contributed by atoms with Crippen LogP contribution in [0.5, 0.6) is 0 Å². The molecule has 0 spiro atoms. The van der Waals surface area contributed by atoms with Crippen LogP contribution in [-0.4, -0.2) is 17.4 Å². The fourth-order valence-electron chi connectivity index (χ4n) is 2.63. The van der Waals surface area contributed by atoms with E-state index in [1.807, 2.05) is 17.6 Å². The van der Waals surface area contributed by atoms with Crippen molar-refractivity contribution >= 4 is 17.2 Å². The van der Waals surface area contributed by atoms with Crippen LogP contribution < -0.4 is 5.32 Å². The number of nitrogens with one attached hydrogen (secondary N) is 1. The van der Waals surface area contributed by atoms with Gasteiger partial charge in [0.1, 0.15) is 0 Å². The Morgan fingerprint density at radius 2 is 2.20 bits per heavy atom. The van der Waals surface area contributed by atoms with Gasteiger partial charge in [-0.05, 0) is 48.9 Å². The van der Waals surface area contributed by atoms with Crippen molar-refractivity contribution in [2.24, 2.45) is 0 Å². The summed E-state index contributed by atoms with van der Waals surface area (Å²) in [6, 6.07) is 6.10. The van der Waals surface area contributed by atoms with E-state index < -0.39 is 0 Å². The predicted octanol–water partition coefficient (Wildman–Crippen LogP) is 2.99. The molecule has 4 heteroatoms. The number of fused-ring (bicyclic) bond motifs is 1. The van der Waals surface area contributed by atoms with Gasteiger partial charge in [-0.1, -0.05) is 6.07 Å². The maximum absolute atomic E-state index is 12.1. The largest absolute Gasteiger partial charge is 0.352 e. The van der Waals surface area contributed by atoms with Gasteiger partial charge in [-0.2, -0.15) is 0 Å². The Bertz CT molecular complexity index is 593. The van der Waals surface area contributed by atoms with E-state index in [1.54, 1.807) is 11.3 Å². The number of benzene rings is 1. The Balaban J connectivity index is 1.49. The van der Waals surface area contributed by atoms with Crippen molar-refractivity contribution in [1.82, 2.24) is 10.3 Å². The molecule has 0 bridgehead atoms. The van der Waals surface area contributed by atoms with Gasteiger partial charge in [0.25, 0.3) is 5.91 Å². The third-order valence-electron chi connectivity index (χ3n) is 3.70. The number of nitrogens with zero attached hydrogens (tertiary/aromatic N) is 1. The molecule has 0 radical (unpaired) electrons. The fourth-order valence-corrected chi connectivity index (χ4v) is 3.30. The van der Waals surface area contributed by atoms with E-state index in [0.717, 1.165) is 36.3 Å². The number of rotatable bonds is 5. The van der Waals surface area contributed by atoms with E-state index in [0.29, 0.717) is 6.54 Å².